The summed E-state index contributed by atoms with van der Waals surface area (Å²) in [4.78, 5) is 25.6. The summed E-state index contributed by atoms with van der Waals surface area (Å²) in [6.07, 6.45) is 1.72. The van der Waals surface area contributed by atoms with Gasteiger partial charge in [-0.1, -0.05) is 32.0 Å². The van der Waals surface area contributed by atoms with Crippen molar-refractivity contribution in [3.63, 3.8) is 0 Å². The molecular formula is C20H22N2O2S. The maximum Gasteiger partial charge on any atom is 0.255 e. The lowest BCUT2D eigenvalue weighted by atomic mass is 10.0. The highest BCUT2D eigenvalue weighted by molar-refractivity contribution is 8.00. The number of fused-ring (bicyclic) bond motifs is 1. The van der Waals surface area contributed by atoms with Gasteiger partial charge in [0, 0.05) is 16.1 Å². The Hall–Kier alpha value is -2.27. The van der Waals surface area contributed by atoms with E-state index in [0.29, 0.717) is 11.3 Å². The fraction of sp³-hybridized carbons (Fsp3) is 0.300. The predicted molar refractivity (Wildman–Crippen MR) is 104 cm³/mol. The van der Waals surface area contributed by atoms with Gasteiger partial charge in [-0.25, -0.2) is 0 Å². The van der Waals surface area contributed by atoms with Crippen molar-refractivity contribution in [2.75, 3.05) is 10.6 Å². The number of nitrogens with one attached hydrogen (secondary N) is 2. The van der Waals surface area contributed by atoms with E-state index in [1.165, 1.54) is 11.8 Å². The van der Waals surface area contributed by atoms with Gasteiger partial charge >= 0.3 is 0 Å². The summed E-state index contributed by atoms with van der Waals surface area (Å²) in [7, 11) is 0. The minimum atomic E-state index is -0.156. The smallest absolute Gasteiger partial charge is 0.255 e. The average molecular weight is 354 g/mol. The van der Waals surface area contributed by atoms with Crippen molar-refractivity contribution in [3.05, 3.63) is 53.1 Å². The second kappa shape index (κ2) is 7.31. The average Bonchev–Trinajstić information content (AvgIpc) is 2.62. The van der Waals surface area contributed by atoms with E-state index in [1.54, 1.807) is 6.07 Å². The summed E-state index contributed by atoms with van der Waals surface area (Å²) in [5.41, 5.74) is 4.41. The number of thioether (sulfide) groups is 1. The first-order valence-corrected chi connectivity index (χ1v) is 9.45. The third kappa shape index (κ3) is 3.56. The van der Waals surface area contributed by atoms with Crippen LogP contribution in [-0.4, -0.2) is 17.1 Å². The fourth-order valence-electron chi connectivity index (χ4n) is 2.94. The summed E-state index contributed by atoms with van der Waals surface area (Å²) in [5, 5.41) is 5.82. The molecule has 0 saturated heterocycles. The van der Waals surface area contributed by atoms with Crippen LogP contribution in [0.2, 0.25) is 0 Å². The fourth-order valence-corrected chi connectivity index (χ4v) is 3.87. The molecule has 5 heteroatoms. The topological polar surface area (TPSA) is 58.2 Å². The van der Waals surface area contributed by atoms with Crippen molar-refractivity contribution in [2.24, 2.45) is 0 Å². The van der Waals surface area contributed by atoms with Gasteiger partial charge in [0.1, 0.15) is 0 Å². The van der Waals surface area contributed by atoms with Crippen LogP contribution in [0, 0.1) is 0 Å². The van der Waals surface area contributed by atoms with Crippen LogP contribution in [0.1, 0.15) is 42.3 Å². The van der Waals surface area contributed by atoms with Gasteiger partial charge < -0.3 is 10.6 Å². The van der Waals surface area contributed by atoms with E-state index in [1.807, 2.05) is 37.3 Å². The molecule has 3 rings (SSSR count). The molecule has 2 amide bonds. The van der Waals surface area contributed by atoms with Crippen LogP contribution in [-0.2, 0) is 17.6 Å². The Kier molecular flexibility index (Phi) is 5.13. The Labute approximate surface area is 152 Å². The van der Waals surface area contributed by atoms with E-state index in [4.69, 9.17) is 0 Å². The molecule has 0 spiro atoms. The quantitative estimate of drug-likeness (QED) is 0.850. The summed E-state index contributed by atoms with van der Waals surface area (Å²) in [6.45, 7) is 6.03. The number of hydrogen-bond acceptors (Lipinski definition) is 3. The molecule has 0 aromatic heterocycles. The lowest BCUT2D eigenvalue weighted by Gasteiger charge is -2.22. The van der Waals surface area contributed by atoms with Crippen LogP contribution >= 0.6 is 11.8 Å². The van der Waals surface area contributed by atoms with Crippen molar-refractivity contribution < 1.29 is 9.59 Å². The zero-order valence-corrected chi connectivity index (χ0v) is 15.5. The minimum absolute atomic E-state index is 0.0281. The number of carbonyl (C=O) groups excluding carboxylic acids is 2. The Balaban J connectivity index is 1.88. The third-order valence-electron chi connectivity index (χ3n) is 4.41. The molecule has 0 aliphatic carbocycles. The van der Waals surface area contributed by atoms with Gasteiger partial charge in [0.15, 0.2) is 0 Å². The Morgan fingerprint density at radius 2 is 1.84 bits per heavy atom. The number of hydrogen-bond donors (Lipinski definition) is 2. The first kappa shape index (κ1) is 17.5. The van der Waals surface area contributed by atoms with Crippen molar-refractivity contribution in [1.29, 1.82) is 0 Å². The van der Waals surface area contributed by atoms with Gasteiger partial charge in [-0.3, -0.25) is 9.59 Å². The number of amides is 2. The van der Waals surface area contributed by atoms with Crippen molar-refractivity contribution >= 4 is 35.0 Å². The highest BCUT2D eigenvalue weighted by atomic mass is 32.2. The number of para-hydroxylation sites is 1. The molecule has 2 aromatic carbocycles. The van der Waals surface area contributed by atoms with Crippen LogP contribution in [0.3, 0.4) is 0 Å². The molecule has 1 heterocycles. The summed E-state index contributed by atoms with van der Waals surface area (Å²) in [5.74, 6) is -0.184. The molecule has 0 radical (unpaired) electrons. The minimum Gasteiger partial charge on any atom is -0.324 e. The molecule has 1 atom stereocenters. The molecule has 0 saturated carbocycles. The Morgan fingerprint density at radius 3 is 2.48 bits per heavy atom. The van der Waals surface area contributed by atoms with Gasteiger partial charge in [0.25, 0.3) is 5.91 Å². The van der Waals surface area contributed by atoms with Crippen LogP contribution in [0.25, 0.3) is 0 Å². The zero-order chi connectivity index (χ0) is 18.0. The van der Waals surface area contributed by atoms with Crippen molar-refractivity contribution in [1.82, 2.24) is 0 Å². The molecule has 1 aliphatic heterocycles. The lowest BCUT2D eigenvalue weighted by Crippen LogP contribution is -2.26. The van der Waals surface area contributed by atoms with Gasteiger partial charge in [-0.05, 0) is 49.1 Å². The molecular weight excluding hydrogens is 332 g/mol. The van der Waals surface area contributed by atoms with Crippen molar-refractivity contribution in [3.8, 4) is 0 Å². The third-order valence-corrected chi connectivity index (χ3v) is 5.59. The number of rotatable bonds is 4. The van der Waals surface area contributed by atoms with E-state index in [-0.39, 0.29) is 17.1 Å². The van der Waals surface area contributed by atoms with E-state index in [0.717, 1.165) is 34.6 Å². The van der Waals surface area contributed by atoms with Gasteiger partial charge in [-0.15, -0.1) is 11.8 Å². The SMILES string of the molecule is CCc1cccc(CC)c1NC(=O)c1ccc2c(c1)NC(=O)[C@H](C)S2. The molecule has 2 N–H and O–H groups in total. The molecule has 0 fully saturated rings. The summed E-state index contributed by atoms with van der Waals surface area (Å²) in [6, 6.07) is 11.6. The van der Waals surface area contributed by atoms with E-state index in [9.17, 15) is 9.59 Å². The molecule has 2 aromatic rings. The highest BCUT2D eigenvalue weighted by Crippen LogP contribution is 2.36. The standard InChI is InChI=1S/C20H22N2O2S/c1-4-13-7-6-8-14(5-2)18(13)22-20(24)15-9-10-17-16(11-15)21-19(23)12(3)25-17/h6-12H,4-5H2,1-3H3,(H,21,23)(H,22,24)/t12-/m0/s1. The van der Waals surface area contributed by atoms with Crippen LogP contribution in [0.4, 0.5) is 11.4 Å². The van der Waals surface area contributed by atoms with Gasteiger partial charge in [0.2, 0.25) is 5.91 Å². The van der Waals surface area contributed by atoms with Crippen LogP contribution < -0.4 is 10.6 Å². The molecule has 25 heavy (non-hydrogen) atoms. The second-order valence-electron chi connectivity index (χ2n) is 6.07. The molecule has 0 bridgehead atoms. The summed E-state index contributed by atoms with van der Waals surface area (Å²) < 4.78 is 0. The normalized spacial score (nSPS) is 16.1. The van der Waals surface area contributed by atoms with E-state index in [2.05, 4.69) is 24.5 Å². The number of benzene rings is 2. The molecule has 130 valence electrons. The largest absolute Gasteiger partial charge is 0.324 e. The maximum atomic E-state index is 12.8. The highest BCUT2D eigenvalue weighted by Gasteiger charge is 2.24. The van der Waals surface area contributed by atoms with Crippen molar-refractivity contribution in [2.45, 2.75) is 43.8 Å². The zero-order valence-electron chi connectivity index (χ0n) is 14.7. The first-order chi connectivity index (χ1) is 12.0. The predicted octanol–water partition coefficient (Wildman–Crippen LogP) is 4.50. The Morgan fingerprint density at radius 1 is 1.16 bits per heavy atom. The Bertz CT molecular complexity index is 810. The number of carbonyl (C=O) groups is 2. The van der Waals surface area contributed by atoms with E-state index < -0.39 is 0 Å². The monoisotopic (exact) mass is 354 g/mol. The number of aryl methyl sites for hydroxylation is 2. The van der Waals surface area contributed by atoms with Crippen LogP contribution in [0.5, 0.6) is 0 Å². The lowest BCUT2D eigenvalue weighted by molar-refractivity contribution is -0.115. The first-order valence-electron chi connectivity index (χ1n) is 8.57. The van der Waals surface area contributed by atoms with Gasteiger partial charge in [-0.2, -0.15) is 0 Å². The second-order valence-corrected chi connectivity index (χ2v) is 7.46. The maximum absolute atomic E-state index is 12.8. The van der Waals surface area contributed by atoms with E-state index >= 15 is 0 Å². The molecule has 0 unspecified atom stereocenters. The van der Waals surface area contributed by atoms with Gasteiger partial charge in [0.05, 0.1) is 10.9 Å². The summed E-state index contributed by atoms with van der Waals surface area (Å²) >= 11 is 1.51. The van der Waals surface area contributed by atoms with Crippen LogP contribution in [0.15, 0.2) is 41.3 Å². The number of anilines is 2. The molecule has 4 nitrogen and oxygen atoms in total. The molecule has 1 aliphatic rings.